The van der Waals surface area contributed by atoms with Crippen molar-refractivity contribution in [3.63, 3.8) is 0 Å². The van der Waals surface area contributed by atoms with Gasteiger partial charge in [-0.25, -0.2) is 4.98 Å². The second-order valence-corrected chi connectivity index (χ2v) is 6.08. The number of hydrogen-bond donors (Lipinski definition) is 0. The maximum Gasteiger partial charge on any atom is 0.246 e. The van der Waals surface area contributed by atoms with Crippen molar-refractivity contribution in [1.29, 1.82) is 5.26 Å². The van der Waals surface area contributed by atoms with Crippen LogP contribution < -0.4 is 0 Å². The van der Waals surface area contributed by atoms with Crippen LogP contribution in [0.2, 0.25) is 0 Å². The van der Waals surface area contributed by atoms with Crippen molar-refractivity contribution >= 4 is 5.91 Å². The third-order valence-corrected chi connectivity index (χ3v) is 4.49. The lowest BCUT2D eigenvalue weighted by molar-refractivity contribution is -0.138. The van der Waals surface area contributed by atoms with Crippen LogP contribution in [0.4, 0.5) is 0 Å². The largest absolute Gasteiger partial charge is 0.331 e. The first-order chi connectivity index (χ1) is 10.8. The van der Waals surface area contributed by atoms with Gasteiger partial charge in [-0.05, 0) is 36.5 Å². The van der Waals surface area contributed by atoms with Crippen LogP contribution in [-0.4, -0.2) is 20.4 Å². The van der Waals surface area contributed by atoms with Crippen LogP contribution in [0.15, 0.2) is 36.8 Å². The second-order valence-electron chi connectivity index (χ2n) is 6.08. The van der Waals surface area contributed by atoms with E-state index in [-0.39, 0.29) is 11.9 Å². The van der Waals surface area contributed by atoms with Crippen LogP contribution >= 0.6 is 0 Å². The summed E-state index contributed by atoms with van der Waals surface area (Å²) in [7, 11) is 0. The Morgan fingerprint density at radius 3 is 2.73 bits per heavy atom. The van der Waals surface area contributed by atoms with E-state index in [9.17, 15) is 4.79 Å². The SMILES string of the molecule is N#Cc1ccc(CN2Cc3cncn3C(C3CC3)C2=O)cc1. The molecule has 0 bridgehead atoms. The minimum Gasteiger partial charge on any atom is -0.331 e. The third kappa shape index (κ3) is 2.17. The number of nitrogens with zero attached hydrogens (tertiary/aromatic N) is 4. The fourth-order valence-corrected chi connectivity index (χ4v) is 3.16. The molecule has 22 heavy (non-hydrogen) atoms. The van der Waals surface area contributed by atoms with E-state index in [0.29, 0.717) is 24.6 Å². The average Bonchev–Trinajstić information content (AvgIpc) is 3.27. The molecule has 4 rings (SSSR count). The lowest BCUT2D eigenvalue weighted by atomic mass is 10.1. The zero-order valence-corrected chi connectivity index (χ0v) is 12.1. The van der Waals surface area contributed by atoms with Gasteiger partial charge in [0.15, 0.2) is 0 Å². The molecule has 1 aromatic heterocycles. The first-order valence-corrected chi connectivity index (χ1v) is 7.55. The summed E-state index contributed by atoms with van der Waals surface area (Å²) in [5.74, 6) is 0.654. The fourth-order valence-electron chi connectivity index (χ4n) is 3.16. The van der Waals surface area contributed by atoms with Crippen LogP contribution in [0.1, 0.15) is 35.7 Å². The van der Waals surface area contributed by atoms with Crippen molar-refractivity contribution in [2.45, 2.75) is 32.0 Å². The van der Waals surface area contributed by atoms with Crippen LogP contribution in [0, 0.1) is 17.2 Å². The number of fused-ring (bicyclic) bond motifs is 1. The summed E-state index contributed by atoms with van der Waals surface area (Å²) >= 11 is 0. The molecule has 5 heteroatoms. The summed E-state index contributed by atoms with van der Waals surface area (Å²) in [5, 5.41) is 8.86. The van der Waals surface area contributed by atoms with E-state index in [4.69, 9.17) is 5.26 Å². The van der Waals surface area contributed by atoms with Gasteiger partial charge >= 0.3 is 0 Å². The van der Waals surface area contributed by atoms with E-state index >= 15 is 0 Å². The molecule has 1 aliphatic carbocycles. The molecule has 5 nitrogen and oxygen atoms in total. The molecule has 2 aliphatic rings. The molecular weight excluding hydrogens is 276 g/mol. The molecule has 1 unspecified atom stereocenters. The molecule has 0 spiro atoms. The van der Waals surface area contributed by atoms with E-state index in [1.165, 1.54) is 0 Å². The first kappa shape index (κ1) is 13.1. The maximum absolute atomic E-state index is 12.8. The molecule has 0 radical (unpaired) electrons. The number of carbonyl (C=O) groups is 1. The number of imidazole rings is 1. The summed E-state index contributed by atoms with van der Waals surface area (Å²) < 4.78 is 2.05. The quantitative estimate of drug-likeness (QED) is 0.871. The Bertz CT molecular complexity index is 752. The monoisotopic (exact) mass is 292 g/mol. The normalized spacial score (nSPS) is 20.6. The van der Waals surface area contributed by atoms with E-state index in [0.717, 1.165) is 24.1 Å². The standard InChI is InChI=1S/C17H16N4O/c18-7-12-1-3-13(4-2-12)9-20-10-15-8-19-11-21(15)16(17(20)22)14-5-6-14/h1-4,8,11,14,16H,5-6,9-10H2. The van der Waals surface area contributed by atoms with E-state index in [2.05, 4.69) is 15.6 Å². The van der Waals surface area contributed by atoms with Crippen LogP contribution in [0.3, 0.4) is 0 Å². The Morgan fingerprint density at radius 1 is 1.27 bits per heavy atom. The van der Waals surface area contributed by atoms with Crippen molar-refractivity contribution in [3.05, 3.63) is 53.6 Å². The van der Waals surface area contributed by atoms with Crippen LogP contribution in [0.5, 0.6) is 0 Å². The number of rotatable bonds is 3. The zero-order chi connectivity index (χ0) is 15.1. The molecule has 1 atom stereocenters. The number of aromatic nitrogens is 2. The van der Waals surface area contributed by atoms with Gasteiger partial charge in [-0.15, -0.1) is 0 Å². The van der Waals surface area contributed by atoms with Gasteiger partial charge in [-0.2, -0.15) is 5.26 Å². The molecule has 1 aromatic carbocycles. The zero-order valence-electron chi connectivity index (χ0n) is 12.1. The van der Waals surface area contributed by atoms with Gasteiger partial charge in [-0.3, -0.25) is 4.79 Å². The molecule has 1 saturated carbocycles. The van der Waals surface area contributed by atoms with Crippen molar-refractivity contribution in [2.75, 3.05) is 0 Å². The first-order valence-electron chi connectivity index (χ1n) is 7.55. The number of nitriles is 1. The summed E-state index contributed by atoms with van der Waals surface area (Å²) in [5.41, 5.74) is 2.79. The van der Waals surface area contributed by atoms with Gasteiger partial charge in [0.2, 0.25) is 5.91 Å². The highest BCUT2D eigenvalue weighted by Gasteiger charge is 2.42. The lowest BCUT2D eigenvalue weighted by Crippen LogP contribution is -2.42. The minimum absolute atomic E-state index is 0.0790. The molecule has 1 amide bonds. The lowest BCUT2D eigenvalue weighted by Gasteiger charge is -2.34. The summed E-state index contributed by atoms with van der Waals surface area (Å²) in [4.78, 5) is 18.9. The summed E-state index contributed by atoms with van der Waals surface area (Å²) in [6, 6.07) is 9.47. The smallest absolute Gasteiger partial charge is 0.246 e. The molecule has 2 heterocycles. The van der Waals surface area contributed by atoms with E-state index < -0.39 is 0 Å². The second kappa shape index (κ2) is 4.99. The highest BCUT2D eigenvalue weighted by molar-refractivity contribution is 5.82. The molecule has 2 aromatic rings. The topological polar surface area (TPSA) is 61.9 Å². The Morgan fingerprint density at radius 2 is 2.05 bits per heavy atom. The maximum atomic E-state index is 12.8. The number of benzene rings is 1. The highest BCUT2D eigenvalue weighted by Crippen LogP contribution is 2.43. The van der Waals surface area contributed by atoms with Crippen LogP contribution in [-0.2, 0) is 17.9 Å². The van der Waals surface area contributed by atoms with Gasteiger partial charge in [-0.1, -0.05) is 12.1 Å². The summed E-state index contributed by atoms with van der Waals surface area (Å²) in [6.07, 6.45) is 5.89. The minimum atomic E-state index is -0.0790. The Kier molecular flexibility index (Phi) is 2.97. The van der Waals surface area contributed by atoms with E-state index in [1.807, 2.05) is 23.2 Å². The third-order valence-electron chi connectivity index (χ3n) is 4.49. The molecule has 0 saturated heterocycles. The van der Waals surface area contributed by atoms with Crippen molar-refractivity contribution in [1.82, 2.24) is 14.5 Å². The predicted molar refractivity (Wildman–Crippen MR) is 79.4 cm³/mol. The fraction of sp³-hybridized carbons (Fsp3) is 0.353. The van der Waals surface area contributed by atoms with Crippen LogP contribution in [0.25, 0.3) is 0 Å². The molecule has 0 N–H and O–H groups in total. The highest BCUT2D eigenvalue weighted by atomic mass is 16.2. The van der Waals surface area contributed by atoms with Gasteiger partial charge in [0.1, 0.15) is 6.04 Å². The predicted octanol–water partition coefficient (Wildman–Crippen LogP) is 2.25. The van der Waals surface area contributed by atoms with Gasteiger partial charge in [0.25, 0.3) is 0 Å². The van der Waals surface area contributed by atoms with Gasteiger partial charge in [0.05, 0.1) is 30.2 Å². The Hall–Kier alpha value is -2.61. The number of carbonyl (C=O) groups excluding carboxylic acids is 1. The molecule has 1 fully saturated rings. The summed E-state index contributed by atoms with van der Waals surface area (Å²) in [6.45, 7) is 1.18. The Balaban J connectivity index is 1.59. The van der Waals surface area contributed by atoms with Crippen molar-refractivity contribution in [2.24, 2.45) is 5.92 Å². The van der Waals surface area contributed by atoms with Crippen molar-refractivity contribution in [3.8, 4) is 6.07 Å². The molecule has 110 valence electrons. The van der Waals surface area contributed by atoms with Gasteiger partial charge < -0.3 is 9.47 Å². The molecular formula is C17H16N4O. The average molecular weight is 292 g/mol. The Labute approximate surface area is 128 Å². The number of amides is 1. The van der Waals surface area contributed by atoms with Gasteiger partial charge in [0, 0.05) is 12.7 Å². The number of hydrogen-bond acceptors (Lipinski definition) is 3. The van der Waals surface area contributed by atoms with Crippen molar-refractivity contribution < 1.29 is 4.79 Å². The molecule has 1 aliphatic heterocycles. The van der Waals surface area contributed by atoms with E-state index in [1.54, 1.807) is 18.5 Å².